The van der Waals surface area contributed by atoms with Crippen LogP contribution in [0, 0.1) is 0 Å². The van der Waals surface area contributed by atoms with Crippen molar-refractivity contribution in [3.05, 3.63) is 24.0 Å². The molecule has 7 heteroatoms. The van der Waals surface area contributed by atoms with Crippen LogP contribution in [0.1, 0.15) is 17.4 Å². The second-order valence-corrected chi connectivity index (χ2v) is 4.16. The molecule has 0 spiro atoms. The van der Waals surface area contributed by atoms with E-state index >= 15 is 0 Å². The number of hydrogen-bond acceptors (Lipinski definition) is 6. The summed E-state index contributed by atoms with van der Waals surface area (Å²) in [5.74, 6) is -0.0446. The summed E-state index contributed by atoms with van der Waals surface area (Å²) in [6.07, 6.45) is 1.64. The molecule has 2 aromatic rings. The van der Waals surface area contributed by atoms with Crippen molar-refractivity contribution in [3.63, 3.8) is 0 Å². The molecular weight excluding hydrogens is 226 g/mol. The van der Waals surface area contributed by atoms with E-state index in [9.17, 15) is 4.79 Å². The van der Waals surface area contributed by atoms with Crippen LogP contribution >= 0.6 is 11.8 Å². The van der Waals surface area contributed by atoms with E-state index in [1.165, 1.54) is 18.7 Å². The summed E-state index contributed by atoms with van der Waals surface area (Å²) in [5, 5.41) is 11.8. The lowest BCUT2D eigenvalue weighted by atomic mass is 10.3. The van der Waals surface area contributed by atoms with Crippen LogP contribution in [-0.2, 0) is 7.05 Å². The quantitative estimate of drug-likeness (QED) is 0.738. The minimum Gasteiger partial charge on any atom is -0.293 e. The van der Waals surface area contributed by atoms with Crippen molar-refractivity contribution in [1.82, 2.24) is 25.2 Å². The normalized spacial score (nSPS) is 10.4. The van der Waals surface area contributed by atoms with Crippen molar-refractivity contribution < 1.29 is 4.79 Å². The number of carbonyl (C=O) groups excluding carboxylic acids is 1. The molecule has 0 aliphatic rings. The van der Waals surface area contributed by atoms with E-state index in [4.69, 9.17) is 0 Å². The maximum Gasteiger partial charge on any atom is 0.213 e. The Morgan fingerprint density at radius 1 is 1.44 bits per heavy atom. The van der Waals surface area contributed by atoms with E-state index < -0.39 is 0 Å². The van der Waals surface area contributed by atoms with Crippen molar-refractivity contribution in [2.24, 2.45) is 7.05 Å². The van der Waals surface area contributed by atoms with E-state index in [-0.39, 0.29) is 5.78 Å². The molecule has 0 saturated heterocycles. The smallest absolute Gasteiger partial charge is 0.213 e. The molecule has 0 aliphatic carbocycles. The molecule has 0 amide bonds. The standard InChI is InChI=1S/C9H9N5OS/c1-6(15)8-4-3-7(5-10-8)16-9-11-12-13-14(9)2/h3-5H,1-2H3. The molecule has 0 N–H and O–H groups in total. The van der Waals surface area contributed by atoms with Crippen LogP contribution in [0.5, 0.6) is 0 Å². The zero-order valence-electron chi connectivity index (χ0n) is 8.78. The van der Waals surface area contributed by atoms with Crippen molar-refractivity contribution in [2.75, 3.05) is 0 Å². The van der Waals surface area contributed by atoms with Gasteiger partial charge in [-0.05, 0) is 34.3 Å². The van der Waals surface area contributed by atoms with Gasteiger partial charge < -0.3 is 0 Å². The van der Waals surface area contributed by atoms with Crippen molar-refractivity contribution >= 4 is 17.5 Å². The summed E-state index contributed by atoms with van der Waals surface area (Å²) in [6.45, 7) is 1.49. The number of nitrogens with zero attached hydrogens (tertiary/aromatic N) is 5. The Balaban J connectivity index is 2.17. The molecule has 2 heterocycles. The van der Waals surface area contributed by atoms with Gasteiger partial charge in [-0.25, -0.2) is 4.68 Å². The predicted molar refractivity (Wildman–Crippen MR) is 57.2 cm³/mol. The lowest BCUT2D eigenvalue weighted by Gasteiger charge is -1.99. The highest BCUT2D eigenvalue weighted by molar-refractivity contribution is 7.99. The second kappa shape index (κ2) is 4.40. The maximum atomic E-state index is 11.0. The molecule has 0 saturated carbocycles. The minimum absolute atomic E-state index is 0.0446. The molecule has 0 radical (unpaired) electrons. The molecular formula is C9H9N5OS. The summed E-state index contributed by atoms with van der Waals surface area (Å²) < 4.78 is 1.57. The number of carbonyl (C=O) groups is 1. The van der Waals surface area contributed by atoms with Gasteiger partial charge in [-0.3, -0.25) is 9.78 Å². The zero-order valence-corrected chi connectivity index (χ0v) is 9.60. The van der Waals surface area contributed by atoms with E-state index in [2.05, 4.69) is 20.5 Å². The summed E-state index contributed by atoms with van der Waals surface area (Å²) in [4.78, 5) is 16.0. The first-order valence-corrected chi connectivity index (χ1v) is 5.35. The lowest BCUT2D eigenvalue weighted by molar-refractivity contribution is 0.101. The Hall–Kier alpha value is -1.76. The lowest BCUT2D eigenvalue weighted by Crippen LogP contribution is -1.96. The molecule has 16 heavy (non-hydrogen) atoms. The average Bonchev–Trinajstić information content (AvgIpc) is 2.65. The number of rotatable bonds is 3. The third-order valence-corrected chi connectivity index (χ3v) is 2.89. The van der Waals surface area contributed by atoms with E-state index in [1.54, 1.807) is 24.0 Å². The van der Waals surface area contributed by atoms with Crippen LogP contribution in [0.25, 0.3) is 0 Å². The highest BCUT2D eigenvalue weighted by Crippen LogP contribution is 2.23. The number of tetrazole rings is 1. The monoisotopic (exact) mass is 235 g/mol. The van der Waals surface area contributed by atoms with E-state index in [1.807, 2.05) is 6.07 Å². The first-order chi connectivity index (χ1) is 7.66. The van der Waals surface area contributed by atoms with Gasteiger partial charge in [0.2, 0.25) is 5.16 Å². The number of ketones is 1. The minimum atomic E-state index is -0.0446. The van der Waals surface area contributed by atoms with Gasteiger partial charge in [-0.15, -0.1) is 5.10 Å². The fourth-order valence-electron chi connectivity index (χ4n) is 1.06. The number of Topliss-reactive ketones (excluding diaryl/α,β-unsaturated/α-hetero) is 1. The second-order valence-electron chi connectivity index (χ2n) is 3.12. The molecule has 2 aromatic heterocycles. The summed E-state index contributed by atoms with van der Waals surface area (Å²) in [6, 6.07) is 3.51. The van der Waals surface area contributed by atoms with Crippen LogP contribution in [0.4, 0.5) is 0 Å². The Bertz CT molecular complexity index is 507. The largest absolute Gasteiger partial charge is 0.293 e. The third-order valence-electron chi connectivity index (χ3n) is 1.89. The van der Waals surface area contributed by atoms with Gasteiger partial charge >= 0.3 is 0 Å². The highest BCUT2D eigenvalue weighted by Gasteiger charge is 2.06. The number of hydrogen-bond donors (Lipinski definition) is 0. The molecule has 0 aromatic carbocycles. The van der Waals surface area contributed by atoms with Gasteiger partial charge in [0.1, 0.15) is 5.69 Å². The molecule has 2 rings (SSSR count). The third kappa shape index (κ3) is 2.25. The molecule has 0 aliphatic heterocycles. The first-order valence-electron chi connectivity index (χ1n) is 4.54. The number of aromatic nitrogens is 5. The first kappa shape index (κ1) is 10.7. The van der Waals surface area contributed by atoms with Gasteiger partial charge in [-0.2, -0.15) is 0 Å². The highest BCUT2D eigenvalue weighted by atomic mass is 32.2. The van der Waals surface area contributed by atoms with Crippen molar-refractivity contribution in [3.8, 4) is 0 Å². The molecule has 0 fully saturated rings. The van der Waals surface area contributed by atoms with Crippen LogP contribution < -0.4 is 0 Å². The Kier molecular flexibility index (Phi) is 2.95. The molecule has 82 valence electrons. The van der Waals surface area contributed by atoms with Crippen LogP contribution in [-0.4, -0.2) is 31.0 Å². The molecule has 0 bridgehead atoms. The zero-order chi connectivity index (χ0) is 11.5. The molecule has 0 unspecified atom stereocenters. The Labute approximate surface area is 96.1 Å². The fourth-order valence-corrected chi connectivity index (χ4v) is 1.76. The van der Waals surface area contributed by atoms with Crippen molar-refractivity contribution in [1.29, 1.82) is 0 Å². The number of pyridine rings is 1. The van der Waals surface area contributed by atoms with Crippen LogP contribution in [0.15, 0.2) is 28.4 Å². The molecule has 0 atom stereocenters. The Morgan fingerprint density at radius 2 is 2.25 bits per heavy atom. The predicted octanol–water partition coefficient (Wildman–Crippen LogP) is 0.959. The summed E-state index contributed by atoms with van der Waals surface area (Å²) >= 11 is 1.39. The van der Waals surface area contributed by atoms with Crippen LogP contribution in [0.2, 0.25) is 0 Å². The van der Waals surface area contributed by atoms with Gasteiger partial charge in [0.25, 0.3) is 0 Å². The number of aryl methyl sites for hydroxylation is 1. The molecule has 6 nitrogen and oxygen atoms in total. The van der Waals surface area contributed by atoms with Crippen molar-refractivity contribution in [2.45, 2.75) is 17.0 Å². The van der Waals surface area contributed by atoms with Crippen LogP contribution in [0.3, 0.4) is 0 Å². The van der Waals surface area contributed by atoms with Gasteiger partial charge in [0.15, 0.2) is 5.78 Å². The van der Waals surface area contributed by atoms with Gasteiger partial charge in [0, 0.05) is 25.1 Å². The SMILES string of the molecule is CC(=O)c1ccc(Sc2nnnn2C)cn1. The van der Waals surface area contributed by atoms with Gasteiger partial charge in [-0.1, -0.05) is 0 Å². The average molecular weight is 235 g/mol. The van der Waals surface area contributed by atoms with Gasteiger partial charge in [0.05, 0.1) is 0 Å². The fraction of sp³-hybridized carbons (Fsp3) is 0.222. The maximum absolute atomic E-state index is 11.0. The van der Waals surface area contributed by atoms with E-state index in [0.29, 0.717) is 10.9 Å². The summed E-state index contributed by atoms with van der Waals surface area (Å²) in [5.41, 5.74) is 0.459. The Morgan fingerprint density at radius 3 is 2.75 bits per heavy atom. The summed E-state index contributed by atoms with van der Waals surface area (Å²) in [7, 11) is 1.76. The topological polar surface area (TPSA) is 73.6 Å². The van der Waals surface area contributed by atoms with E-state index in [0.717, 1.165) is 4.90 Å².